The lowest BCUT2D eigenvalue weighted by atomic mass is 9.33. The van der Waals surface area contributed by atoms with Crippen molar-refractivity contribution in [2.45, 2.75) is 155 Å². The van der Waals surface area contributed by atoms with E-state index in [9.17, 15) is 0 Å². The lowest BCUT2D eigenvalue weighted by Gasteiger charge is -2.48. The van der Waals surface area contributed by atoms with E-state index in [0.29, 0.717) is 0 Å². The van der Waals surface area contributed by atoms with Crippen LogP contribution in [0.5, 0.6) is 0 Å². The van der Waals surface area contributed by atoms with E-state index in [1.54, 1.807) is 0 Å². The minimum atomic E-state index is -0.0754. The van der Waals surface area contributed by atoms with Crippen LogP contribution in [0.4, 0.5) is 51.2 Å². The van der Waals surface area contributed by atoms with Crippen LogP contribution in [0, 0.1) is 0 Å². The SMILES string of the molecule is CC(C)(C)c1ccc(N(c2ccc(C(C)(C)C)cc2)c2cc3c4c(c2)N(c2ccc5c(c2)C(C)(C)CCC5(C)C)c2cc5c(cc2B4c2cc(-c4ccccc4)ccc2N3c2ccc(-c3ccccc3)cc2)C(C)(C)CCC5(C)C)cc1. The van der Waals surface area contributed by atoms with Crippen molar-refractivity contribution in [3.05, 3.63) is 228 Å². The van der Waals surface area contributed by atoms with Gasteiger partial charge in [-0.2, -0.15) is 0 Å². The van der Waals surface area contributed by atoms with Gasteiger partial charge in [0.15, 0.2) is 0 Å². The third-order valence-corrected chi connectivity index (χ3v) is 19.7. The number of benzene rings is 9. The summed E-state index contributed by atoms with van der Waals surface area (Å²) in [7, 11) is 0. The number of rotatable bonds is 7. The summed E-state index contributed by atoms with van der Waals surface area (Å²) in [5, 5.41) is 0. The van der Waals surface area contributed by atoms with E-state index in [0.717, 1.165) is 42.0 Å². The fourth-order valence-corrected chi connectivity index (χ4v) is 14.4. The second-order valence-electron chi connectivity index (χ2n) is 29.2. The highest BCUT2D eigenvalue weighted by molar-refractivity contribution is 7.00. The third kappa shape index (κ3) is 9.02. The van der Waals surface area contributed by atoms with Crippen LogP contribution in [0.2, 0.25) is 0 Å². The predicted molar refractivity (Wildman–Crippen MR) is 354 cm³/mol. The van der Waals surface area contributed by atoms with Crippen molar-refractivity contribution in [1.29, 1.82) is 0 Å². The van der Waals surface area contributed by atoms with E-state index in [1.807, 2.05) is 0 Å². The van der Waals surface area contributed by atoms with E-state index in [-0.39, 0.29) is 39.2 Å². The number of hydrogen-bond acceptors (Lipinski definition) is 3. The molecular formula is C78H82BN3. The molecule has 0 N–H and O–H groups in total. The predicted octanol–water partition coefficient (Wildman–Crippen LogP) is 19.9. The Hall–Kier alpha value is -7.56. The van der Waals surface area contributed by atoms with Gasteiger partial charge in [0.1, 0.15) is 0 Å². The minimum absolute atomic E-state index is 0.000596. The molecule has 412 valence electrons. The smallest absolute Gasteiger partial charge is 0.252 e. The van der Waals surface area contributed by atoms with Gasteiger partial charge >= 0.3 is 0 Å². The summed E-state index contributed by atoms with van der Waals surface area (Å²) in [5.41, 5.74) is 28.1. The molecule has 0 unspecified atom stereocenters. The molecule has 4 heteroatoms. The normalized spacial score (nSPS) is 17.0. The molecule has 0 saturated heterocycles. The molecule has 13 rings (SSSR count). The first-order valence-corrected chi connectivity index (χ1v) is 30.4. The second kappa shape index (κ2) is 19.0. The molecule has 0 aromatic heterocycles. The molecule has 0 radical (unpaired) electrons. The van der Waals surface area contributed by atoms with Crippen molar-refractivity contribution in [3.8, 4) is 22.3 Å². The van der Waals surface area contributed by atoms with Crippen molar-refractivity contribution in [1.82, 2.24) is 0 Å². The lowest BCUT2D eigenvalue weighted by molar-refractivity contribution is 0.332. The molecular weight excluding hydrogens is 990 g/mol. The summed E-state index contributed by atoms with van der Waals surface area (Å²) in [4.78, 5) is 7.85. The Labute approximate surface area is 491 Å². The first kappa shape index (κ1) is 53.7. The third-order valence-electron chi connectivity index (χ3n) is 19.7. The molecule has 82 heavy (non-hydrogen) atoms. The Balaban J connectivity index is 1.17. The van der Waals surface area contributed by atoms with Crippen LogP contribution < -0.4 is 31.1 Å². The van der Waals surface area contributed by atoms with Crippen LogP contribution in [0.15, 0.2) is 194 Å². The minimum Gasteiger partial charge on any atom is -0.311 e. The van der Waals surface area contributed by atoms with Crippen molar-refractivity contribution in [3.63, 3.8) is 0 Å². The topological polar surface area (TPSA) is 9.72 Å². The average molecular weight is 1070 g/mol. The molecule has 2 aliphatic heterocycles. The Kier molecular flexibility index (Phi) is 12.4. The van der Waals surface area contributed by atoms with Crippen LogP contribution >= 0.6 is 0 Å². The van der Waals surface area contributed by atoms with Crippen LogP contribution in [-0.4, -0.2) is 6.71 Å². The molecule has 0 spiro atoms. The van der Waals surface area contributed by atoms with Gasteiger partial charge in [0.2, 0.25) is 0 Å². The van der Waals surface area contributed by atoms with Crippen molar-refractivity contribution in [2.24, 2.45) is 0 Å². The molecule has 2 aliphatic carbocycles. The zero-order valence-electron chi connectivity index (χ0n) is 51.2. The highest BCUT2D eigenvalue weighted by atomic mass is 15.2. The van der Waals surface area contributed by atoms with Crippen molar-refractivity contribution >= 4 is 74.3 Å². The van der Waals surface area contributed by atoms with Gasteiger partial charge in [-0.15, -0.1) is 0 Å². The summed E-state index contributed by atoms with van der Waals surface area (Å²) in [5.74, 6) is 0. The Bertz CT molecular complexity index is 3870. The largest absolute Gasteiger partial charge is 0.311 e. The van der Waals surface area contributed by atoms with Crippen LogP contribution in [0.3, 0.4) is 0 Å². The molecule has 9 aromatic rings. The maximum absolute atomic E-state index is 2.72. The zero-order chi connectivity index (χ0) is 57.5. The molecule has 0 atom stereocenters. The summed E-state index contributed by atoms with van der Waals surface area (Å²) in [6, 6.07) is 75.3. The highest BCUT2D eigenvalue weighted by Crippen LogP contribution is 2.54. The number of anilines is 9. The Morgan fingerprint density at radius 2 is 0.756 bits per heavy atom. The summed E-state index contributed by atoms with van der Waals surface area (Å²) in [6.07, 6.45) is 4.60. The number of nitrogens with zero attached hydrogens (tertiary/aromatic N) is 3. The number of fused-ring (bicyclic) bond motifs is 6. The second-order valence-corrected chi connectivity index (χ2v) is 29.2. The molecule has 0 amide bonds. The van der Waals surface area contributed by atoms with E-state index in [1.165, 1.54) is 107 Å². The van der Waals surface area contributed by atoms with Crippen molar-refractivity contribution in [2.75, 3.05) is 14.7 Å². The van der Waals surface area contributed by atoms with Gasteiger partial charge in [-0.1, -0.05) is 218 Å². The first-order chi connectivity index (χ1) is 38.9. The molecule has 4 aliphatic rings. The maximum atomic E-state index is 2.72. The van der Waals surface area contributed by atoms with Crippen LogP contribution in [-0.2, 0) is 32.5 Å². The fourth-order valence-electron chi connectivity index (χ4n) is 14.4. The van der Waals surface area contributed by atoms with E-state index >= 15 is 0 Å². The maximum Gasteiger partial charge on any atom is 0.252 e. The zero-order valence-corrected chi connectivity index (χ0v) is 51.2. The quantitative estimate of drug-likeness (QED) is 0.147. The van der Waals surface area contributed by atoms with Gasteiger partial charge in [0.05, 0.1) is 5.69 Å². The molecule has 0 fully saturated rings. The summed E-state index contributed by atoms with van der Waals surface area (Å²) in [6.45, 7) is 33.6. The highest BCUT2D eigenvalue weighted by Gasteiger charge is 2.48. The van der Waals surface area contributed by atoms with Gasteiger partial charge in [0, 0.05) is 45.5 Å². The monoisotopic (exact) mass is 1070 g/mol. The fraction of sp³-hybridized carbons (Fsp3) is 0.308. The average Bonchev–Trinajstić information content (AvgIpc) is 3.62. The summed E-state index contributed by atoms with van der Waals surface area (Å²) < 4.78 is 0. The number of hydrogen-bond donors (Lipinski definition) is 0. The van der Waals surface area contributed by atoms with Crippen LogP contribution in [0.1, 0.15) is 156 Å². The van der Waals surface area contributed by atoms with Gasteiger partial charge in [-0.3, -0.25) is 0 Å². The molecule has 0 bridgehead atoms. The lowest BCUT2D eigenvalue weighted by Crippen LogP contribution is -2.62. The van der Waals surface area contributed by atoms with Gasteiger partial charge in [0.25, 0.3) is 6.71 Å². The van der Waals surface area contributed by atoms with Gasteiger partial charge in [-0.05, 0) is 203 Å². The van der Waals surface area contributed by atoms with Crippen molar-refractivity contribution < 1.29 is 0 Å². The van der Waals surface area contributed by atoms with E-state index in [2.05, 4.69) is 306 Å². The van der Waals surface area contributed by atoms with Crippen LogP contribution in [0.25, 0.3) is 22.3 Å². The molecule has 9 aromatic carbocycles. The Morgan fingerprint density at radius 1 is 0.341 bits per heavy atom. The standard InChI is InChI=1S/C78H82BN3/c1-73(2,3)55-28-34-57(35-29-55)80(58-36-30-56(31-37-58)74(4,5)6)61-47-70-72-71(48-61)82(60-38-39-62-63(46-60)76(9,10)42-41-75(62,7)8)69-50-65-64(77(11,12)43-44-78(65,13)14)49-67(69)79(72)66-45-54(52-23-19-16-20-24-52)27-40-68(66)81(70)59-32-25-53(26-33-59)51-21-17-15-18-22-51/h15-40,45-50H,41-44H2,1-14H3. The molecule has 0 saturated carbocycles. The Morgan fingerprint density at radius 3 is 1.27 bits per heavy atom. The molecule has 2 heterocycles. The molecule has 3 nitrogen and oxygen atoms in total. The van der Waals surface area contributed by atoms with E-state index < -0.39 is 0 Å². The van der Waals surface area contributed by atoms with Gasteiger partial charge in [-0.25, -0.2) is 0 Å². The van der Waals surface area contributed by atoms with E-state index in [4.69, 9.17) is 0 Å². The van der Waals surface area contributed by atoms with Gasteiger partial charge < -0.3 is 14.7 Å². The summed E-state index contributed by atoms with van der Waals surface area (Å²) >= 11 is 0. The first-order valence-electron chi connectivity index (χ1n) is 30.4.